The Hall–Kier alpha value is 0.350. The second kappa shape index (κ2) is 2.96. The largest absolute Gasteiger partial charge is 0.315 e. The van der Waals surface area contributed by atoms with Crippen LogP contribution in [0.3, 0.4) is 0 Å². The van der Waals surface area contributed by atoms with Gasteiger partial charge in [-0.15, -0.1) is 0 Å². The molecule has 0 bridgehead atoms. The van der Waals surface area contributed by atoms with Crippen molar-refractivity contribution in [2.75, 3.05) is 0 Å². The predicted molar refractivity (Wildman–Crippen MR) is 44.7 cm³/mol. The monoisotopic (exact) mass is 143 g/mol. The van der Waals surface area contributed by atoms with Crippen LogP contribution in [0.25, 0.3) is 0 Å². The normalized spacial score (nSPS) is 39.0. The Labute approximate surface area is 62.4 Å². The Kier molecular flexibility index (Phi) is 2.45. The molecule has 1 saturated heterocycles. The van der Waals surface area contributed by atoms with Crippen LogP contribution in [0.2, 0.25) is 0 Å². The Balaban J connectivity index is 2.34. The minimum absolute atomic E-state index is 0.869. The molecular formula is C8H15S-. The molecule has 1 heterocycles. The van der Waals surface area contributed by atoms with Crippen LogP contribution in [0, 0.1) is 5.92 Å². The minimum atomic E-state index is 0.869. The van der Waals surface area contributed by atoms with E-state index in [1.54, 1.807) is 5.92 Å². The van der Waals surface area contributed by atoms with Gasteiger partial charge >= 0.3 is 0 Å². The number of rotatable bonds is 0. The van der Waals surface area contributed by atoms with Crippen molar-refractivity contribution in [2.45, 2.75) is 44.1 Å². The molecule has 1 aliphatic heterocycles. The van der Waals surface area contributed by atoms with Crippen LogP contribution in [0.1, 0.15) is 33.6 Å². The molecule has 1 heteroatoms. The van der Waals surface area contributed by atoms with Crippen molar-refractivity contribution in [1.29, 1.82) is 0 Å². The van der Waals surface area contributed by atoms with Gasteiger partial charge in [0.05, 0.1) is 0 Å². The Morgan fingerprint density at radius 1 is 1.22 bits per heavy atom. The van der Waals surface area contributed by atoms with Crippen LogP contribution in [-0.4, -0.2) is 10.5 Å². The van der Waals surface area contributed by atoms with E-state index >= 15 is 0 Å². The van der Waals surface area contributed by atoms with Crippen LogP contribution in [0.15, 0.2) is 0 Å². The lowest BCUT2D eigenvalue weighted by molar-refractivity contribution is 0.684. The molecular weight excluding hydrogens is 128 g/mol. The van der Waals surface area contributed by atoms with Crippen molar-refractivity contribution in [3.05, 3.63) is 5.92 Å². The quantitative estimate of drug-likeness (QED) is 0.470. The molecule has 0 amide bonds. The third-order valence-electron chi connectivity index (χ3n) is 1.74. The van der Waals surface area contributed by atoms with Gasteiger partial charge in [0.25, 0.3) is 0 Å². The van der Waals surface area contributed by atoms with Gasteiger partial charge in [-0.05, 0) is 10.5 Å². The molecule has 54 valence electrons. The zero-order valence-corrected chi connectivity index (χ0v) is 7.29. The summed E-state index contributed by atoms with van der Waals surface area (Å²) in [6, 6.07) is 0. The van der Waals surface area contributed by atoms with E-state index < -0.39 is 0 Å². The first kappa shape index (κ1) is 7.46. The van der Waals surface area contributed by atoms with Crippen LogP contribution in [-0.2, 0) is 0 Å². The van der Waals surface area contributed by atoms with Gasteiger partial charge in [0.15, 0.2) is 0 Å². The van der Waals surface area contributed by atoms with Crippen molar-refractivity contribution in [2.24, 2.45) is 0 Å². The smallest absolute Gasteiger partial charge is 0.0247 e. The lowest BCUT2D eigenvalue weighted by Gasteiger charge is -2.38. The average Bonchev–Trinajstić information content (AvgIpc) is 1.59. The number of hydrogen-bond acceptors (Lipinski definition) is 1. The van der Waals surface area contributed by atoms with Gasteiger partial charge in [-0.2, -0.15) is 31.5 Å². The van der Waals surface area contributed by atoms with Gasteiger partial charge in [0.1, 0.15) is 0 Å². The van der Waals surface area contributed by atoms with Crippen LogP contribution >= 0.6 is 11.8 Å². The van der Waals surface area contributed by atoms with Gasteiger partial charge < -0.3 is 5.92 Å². The zero-order chi connectivity index (χ0) is 6.85. The maximum Gasteiger partial charge on any atom is -0.0247 e. The molecule has 0 N–H and O–H groups in total. The molecule has 9 heavy (non-hydrogen) atoms. The Morgan fingerprint density at radius 3 is 2.00 bits per heavy atom. The van der Waals surface area contributed by atoms with Crippen molar-refractivity contribution in [3.63, 3.8) is 0 Å². The molecule has 2 atom stereocenters. The first-order chi connectivity index (χ1) is 4.18. The van der Waals surface area contributed by atoms with E-state index in [-0.39, 0.29) is 0 Å². The maximum absolute atomic E-state index is 2.32. The highest BCUT2D eigenvalue weighted by atomic mass is 32.2. The van der Waals surface area contributed by atoms with Crippen LogP contribution < -0.4 is 0 Å². The lowest BCUT2D eigenvalue weighted by atomic mass is 10.00. The van der Waals surface area contributed by atoms with Crippen molar-refractivity contribution >= 4 is 11.8 Å². The van der Waals surface area contributed by atoms with Gasteiger partial charge in [0, 0.05) is 0 Å². The highest BCUT2D eigenvalue weighted by molar-refractivity contribution is 8.00. The van der Waals surface area contributed by atoms with E-state index in [2.05, 4.69) is 32.5 Å². The molecule has 0 spiro atoms. The molecule has 0 aromatic carbocycles. The van der Waals surface area contributed by atoms with Gasteiger partial charge in [-0.1, -0.05) is 13.8 Å². The van der Waals surface area contributed by atoms with Crippen LogP contribution in [0.5, 0.6) is 0 Å². The molecule has 0 radical (unpaired) electrons. The zero-order valence-electron chi connectivity index (χ0n) is 6.48. The number of thioether (sulfide) groups is 1. The van der Waals surface area contributed by atoms with Crippen LogP contribution in [0.4, 0.5) is 0 Å². The summed E-state index contributed by atoms with van der Waals surface area (Å²) in [6.07, 6.45) is 2.68. The summed E-state index contributed by atoms with van der Waals surface area (Å²) in [7, 11) is 0. The van der Waals surface area contributed by atoms with E-state index in [1.807, 2.05) is 0 Å². The van der Waals surface area contributed by atoms with E-state index in [4.69, 9.17) is 0 Å². The summed E-state index contributed by atoms with van der Waals surface area (Å²) in [5.74, 6) is 1.69. The number of hydrogen-bond donors (Lipinski definition) is 0. The molecule has 0 aliphatic carbocycles. The topological polar surface area (TPSA) is 0 Å². The summed E-state index contributed by atoms with van der Waals surface area (Å²) < 4.78 is 0. The average molecular weight is 143 g/mol. The summed E-state index contributed by atoms with van der Waals surface area (Å²) in [5, 5.41) is 1.74. The fraction of sp³-hybridized carbons (Fsp3) is 0.875. The van der Waals surface area contributed by atoms with E-state index in [0.717, 1.165) is 10.5 Å². The highest BCUT2D eigenvalue weighted by Crippen LogP contribution is 2.35. The van der Waals surface area contributed by atoms with Gasteiger partial charge in [-0.25, -0.2) is 0 Å². The SMILES string of the molecule is C[C-]1CC(C)SC(C)C1. The second-order valence-electron chi connectivity index (χ2n) is 3.12. The molecule has 1 aliphatic rings. The summed E-state index contributed by atoms with van der Waals surface area (Å²) in [5.41, 5.74) is 0. The maximum atomic E-state index is 2.32. The first-order valence-electron chi connectivity index (χ1n) is 3.65. The summed E-state index contributed by atoms with van der Waals surface area (Å²) >= 11 is 2.12. The molecule has 2 unspecified atom stereocenters. The molecule has 0 nitrogen and oxygen atoms in total. The van der Waals surface area contributed by atoms with E-state index in [1.165, 1.54) is 12.8 Å². The standard InChI is InChI=1S/C8H15S/c1-6-4-7(2)9-8(3)5-6/h7-8H,4-5H2,1-3H3/q-1. The second-order valence-corrected chi connectivity index (χ2v) is 5.00. The minimum Gasteiger partial charge on any atom is -0.315 e. The Morgan fingerprint density at radius 2 is 1.67 bits per heavy atom. The molecule has 1 fully saturated rings. The molecule has 0 aromatic rings. The molecule has 0 aromatic heterocycles. The summed E-state index contributed by atoms with van der Waals surface area (Å²) in [6.45, 7) is 6.93. The van der Waals surface area contributed by atoms with Crippen molar-refractivity contribution < 1.29 is 0 Å². The third kappa shape index (κ3) is 2.21. The lowest BCUT2D eigenvalue weighted by Crippen LogP contribution is -2.17. The van der Waals surface area contributed by atoms with E-state index in [9.17, 15) is 0 Å². The summed E-state index contributed by atoms with van der Waals surface area (Å²) in [4.78, 5) is 0. The Bertz CT molecular complexity index is 65.5. The fourth-order valence-corrected chi connectivity index (χ4v) is 3.11. The third-order valence-corrected chi connectivity index (χ3v) is 3.00. The first-order valence-corrected chi connectivity index (χ1v) is 4.59. The van der Waals surface area contributed by atoms with Gasteiger partial charge in [0.2, 0.25) is 0 Å². The molecule has 0 saturated carbocycles. The van der Waals surface area contributed by atoms with Crippen molar-refractivity contribution in [1.82, 2.24) is 0 Å². The predicted octanol–water partition coefficient (Wildman–Crippen LogP) is 2.88. The highest BCUT2D eigenvalue weighted by Gasteiger charge is 2.11. The van der Waals surface area contributed by atoms with Crippen molar-refractivity contribution in [3.8, 4) is 0 Å². The molecule has 1 rings (SSSR count). The fourth-order valence-electron chi connectivity index (χ4n) is 1.56. The van der Waals surface area contributed by atoms with Gasteiger partial charge in [-0.3, -0.25) is 0 Å². The van der Waals surface area contributed by atoms with E-state index in [0.29, 0.717) is 0 Å².